The Hall–Kier alpha value is -2.58. The van der Waals surface area contributed by atoms with Crippen LogP contribution in [0.4, 0.5) is 24.5 Å². The molecule has 0 unspecified atom stereocenters. The summed E-state index contributed by atoms with van der Waals surface area (Å²) in [5.74, 6) is 0. The first-order chi connectivity index (χ1) is 10.3. The van der Waals surface area contributed by atoms with Crippen molar-refractivity contribution in [3.63, 3.8) is 0 Å². The minimum absolute atomic E-state index is 0.150. The number of rotatable bonds is 5. The number of anilines is 1. The highest BCUT2D eigenvalue weighted by atomic mass is 19.4. The van der Waals surface area contributed by atoms with Crippen LogP contribution < -0.4 is 5.32 Å². The van der Waals surface area contributed by atoms with E-state index in [0.29, 0.717) is 13.0 Å². The van der Waals surface area contributed by atoms with Crippen LogP contribution in [0.3, 0.4) is 0 Å². The van der Waals surface area contributed by atoms with Gasteiger partial charge in [-0.3, -0.25) is 10.1 Å². The van der Waals surface area contributed by atoms with Gasteiger partial charge < -0.3 is 9.88 Å². The monoisotopic (exact) mass is 314 g/mol. The van der Waals surface area contributed by atoms with Crippen molar-refractivity contribution in [2.45, 2.75) is 19.5 Å². The molecule has 0 radical (unpaired) electrons. The first-order valence-corrected chi connectivity index (χ1v) is 6.46. The van der Waals surface area contributed by atoms with E-state index < -0.39 is 22.4 Å². The summed E-state index contributed by atoms with van der Waals surface area (Å²) in [6.07, 6.45) is -0.255. The van der Waals surface area contributed by atoms with Crippen LogP contribution in [0.5, 0.6) is 0 Å². The Morgan fingerprint density at radius 2 is 2.14 bits per heavy atom. The van der Waals surface area contributed by atoms with Gasteiger partial charge in [0.1, 0.15) is 5.69 Å². The molecule has 118 valence electrons. The van der Waals surface area contributed by atoms with Crippen molar-refractivity contribution in [3.8, 4) is 5.69 Å². The van der Waals surface area contributed by atoms with Gasteiger partial charge in [-0.05, 0) is 12.5 Å². The van der Waals surface area contributed by atoms with Crippen molar-refractivity contribution < 1.29 is 18.1 Å². The number of hydrogen-bond acceptors (Lipinski definition) is 4. The molecule has 0 aliphatic heterocycles. The van der Waals surface area contributed by atoms with Crippen LogP contribution in [-0.4, -0.2) is 21.0 Å². The third-order valence-corrected chi connectivity index (χ3v) is 2.96. The van der Waals surface area contributed by atoms with E-state index in [4.69, 9.17) is 0 Å². The van der Waals surface area contributed by atoms with Gasteiger partial charge in [0.05, 0.1) is 22.5 Å². The predicted octanol–water partition coefficient (Wildman–Crippen LogP) is 3.62. The van der Waals surface area contributed by atoms with Crippen LogP contribution >= 0.6 is 0 Å². The van der Waals surface area contributed by atoms with Gasteiger partial charge in [0.2, 0.25) is 0 Å². The molecule has 0 amide bonds. The molecule has 1 heterocycles. The molecule has 22 heavy (non-hydrogen) atoms. The van der Waals surface area contributed by atoms with E-state index in [1.807, 2.05) is 6.92 Å². The molecule has 9 heteroatoms. The number of nitrogens with one attached hydrogen (secondary N) is 1. The maximum Gasteiger partial charge on any atom is 0.418 e. The molecule has 0 bridgehead atoms. The van der Waals surface area contributed by atoms with Crippen molar-refractivity contribution in [1.29, 1.82) is 0 Å². The number of aromatic nitrogens is 2. The third-order valence-electron chi connectivity index (χ3n) is 2.96. The molecule has 0 aliphatic rings. The zero-order chi connectivity index (χ0) is 16.3. The van der Waals surface area contributed by atoms with Crippen LogP contribution in [0.25, 0.3) is 5.69 Å². The minimum Gasteiger partial charge on any atom is -0.379 e. The normalized spacial score (nSPS) is 11.5. The molecule has 1 aromatic carbocycles. The third kappa shape index (κ3) is 3.18. The molecule has 0 saturated heterocycles. The number of nitro benzene ring substituents is 1. The Kier molecular flexibility index (Phi) is 4.34. The number of halogens is 3. The quantitative estimate of drug-likeness (QED) is 0.676. The molecule has 0 atom stereocenters. The Bertz CT molecular complexity index is 669. The Morgan fingerprint density at radius 1 is 1.41 bits per heavy atom. The standard InChI is InChI=1S/C13H13F3N4O2/c1-2-3-18-10-6-9(13(14,15)16)11(7-12(10)20(21)22)19-5-4-17-8-19/h4-8,18H,2-3H2,1H3. The molecule has 0 fully saturated rings. The van der Waals surface area contributed by atoms with Gasteiger partial charge in [-0.15, -0.1) is 0 Å². The molecule has 6 nitrogen and oxygen atoms in total. The Balaban J connectivity index is 2.66. The SMILES string of the molecule is CCCNc1cc(C(F)(F)F)c(-n2ccnc2)cc1[N+](=O)[O-]. The average molecular weight is 314 g/mol. The van der Waals surface area contributed by atoms with E-state index in [1.54, 1.807) is 0 Å². The highest BCUT2D eigenvalue weighted by Gasteiger charge is 2.36. The topological polar surface area (TPSA) is 73.0 Å². The van der Waals surface area contributed by atoms with Gasteiger partial charge in [0.15, 0.2) is 0 Å². The summed E-state index contributed by atoms with van der Waals surface area (Å²) in [5, 5.41) is 13.8. The van der Waals surface area contributed by atoms with Gasteiger partial charge in [-0.25, -0.2) is 4.98 Å². The van der Waals surface area contributed by atoms with Crippen molar-refractivity contribution in [3.05, 3.63) is 46.5 Å². The zero-order valence-electron chi connectivity index (χ0n) is 11.6. The summed E-state index contributed by atoms with van der Waals surface area (Å²) in [5.41, 5.74) is -1.86. The number of hydrogen-bond donors (Lipinski definition) is 1. The Labute approximate surface area is 123 Å². The lowest BCUT2D eigenvalue weighted by atomic mass is 10.1. The highest BCUT2D eigenvalue weighted by Crippen LogP contribution is 2.39. The minimum atomic E-state index is -4.64. The van der Waals surface area contributed by atoms with Crippen LogP contribution in [0, 0.1) is 10.1 Å². The predicted molar refractivity (Wildman–Crippen MR) is 74.0 cm³/mol. The van der Waals surface area contributed by atoms with E-state index in [0.717, 1.165) is 23.0 Å². The Morgan fingerprint density at radius 3 is 2.64 bits per heavy atom. The molecular weight excluding hydrogens is 301 g/mol. The second kappa shape index (κ2) is 6.04. The second-order valence-electron chi connectivity index (χ2n) is 4.54. The highest BCUT2D eigenvalue weighted by molar-refractivity contribution is 5.68. The maximum absolute atomic E-state index is 13.2. The first kappa shape index (κ1) is 15.8. The zero-order valence-corrected chi connectivity index (χ0v) is 11.6. The fraction of sp³-hybridized carbons (Fsp3) is 0.308. The molecule has 1 N–H and O–H groups in total. The lowest BCUT2D eigenvalue weighted by Gasteiger charge is -2.16. The van der Waals surface area contributed by atoms with Gasteiger partial charge in [0.25, 0.3) is 5.69 Å². The fourth-order valence-electron chi connectivity index (χ4n) is 1.97. The van der Waals surface area contributed by atoms with Crippen molar-refractivity contribution >= 4 is 11.4 Å². The molecule has 2 rings (SSSR count). The second-order valence-corrected chi connectivity index (χ2v) is 4.54. The number of benzene rings is 1. The number of nitrogens with zero attached hydrogens (tertiary/aromatic N) is 3. The fourth-order valence-corrected chi connectivity index (χ4v) is 1.97. The summed E-state index contributed by atoms with van der Waals surface area (Å²) in [4.78, 5) is 14.1. The van der Waals surface area contributed by atoms with Gasteiger partial charge >= 0.3 is 6.18 Å². The number of imidazole rings is 1. The first-order valence-electron chi connectivity index (χ1n) is 6.46. The summed E-state index contributed by atoms with van der Waals surface area (Å²) in [6, 6.07) is 1.67. The van der Waals surface area contributed by atoms with E-state index >= 15 is 0 Å². The smallest absolute Gasteiger partial charge is 0.379 e. The van der Waals surface area contributed by atoms with Gasteiger partial charge in [-0.1, -0.05) is 6.92 Å². The van der Waals surface area contributed by atoms with Crippen molar-refractivity contribution in [2.75, 3.05) is 11.9 Å². The maximum atomic E-state index is 13.2. The largest absolute Gasteiger partial charge is 0.418 e. The van der Waals surface area contributed by atoms with Gasteiger partial charge in [-0.2, -0.15) is 13.2 Å². The van der Waals surface area contributed by atoms with Crippen LogP contribution in [0.1, 0.15) is 18.9 Å². The van der Waals surface area contributed by atoms with Crippen molar-refractivity contribution in [2.24, 2.45) is 0 Å². The lowest BCUT2D eigenvalue weighted by Crippen LogP contribution is -2.13. The van der Waals surface area contributed by atoms with Crippen LogP contribution in [0.2, 0.25) is 0 Å². The number of nitro groups is 1. The van der Waals surface area contributed by atoms with E-state index in [2.05, 4.69) is 10.3 Å². The van der Waals surface area contributed by atoms with Gasteiger partial charge in [0, 0.05) is 25.0 Å². The number of alkyl halides is 3. The molecule has 2 aromatic rings. The summed E-state index contributed by atoms with van der Waals surface area (Å²) in [7, 11) is 0. The van der Waals surface area contributed by atoms with E-state index in [1.165, 1.54) is 12.4 Å². The summed E-state index contributed by atoms with van der Waals surface area (Å²) < 4.78 is 40.8. The molecular formula is C13H13F3N4O2. The molecule has 0 aliphatic carbocycles. The molecule has 1 aromatic heterocycles. The van der Waals surface area contributed by atoms with Crippen molar-refractivity contribution in [1.82, 2.24) is 9.55 Å². The van der Waals surface area contributed by atoms with E-state index in [9.17, 15) is 23.3 Å². The molecule has 0 spiro atoms. The summed E-state index contributed by atoms with van der Waals surface area (Å²) >= 11 is 0. The van der Waals surface area contributed by atoms with Crippen LogP contribution in [-0.2, 0) is 6.18 Å². The lowest BCUT2D eigenvalue weighted by molar-refractivity contribution is -0.384. The van der Waals surface area contributed by atoms with E-state index in [-0.39, 0.29) is 11.4 Å². The average Bonchev–Trinajstić information content (AvgIpc) is 2.97. The summed E-state index contributed by atoms with van der Waals surface area (Å²) in [6.45, 7) is 2.14. The van der Waals surface area contributed by atoms with Crippen LogP contribution in [0.15, 0.2) is 30.9 Å². The molecule has 0 saturated carbocycles.